The maximum absolute atomic E-state index is 2.38. The lowest BCUT2D eigenvalue weighted by molar-refractivity contribution is 1.23. The Morgan fingerprint density at radius 2 is 1.13 bits per heavy atom. The third kappa shape index (κ3) is 2.76. The van der Waals surface area contributed by atoms with Gasteiger partial charge in [-0.15, -0.1) is 0 Å². The Bertz CT molecular complexity index is 1570. The van der Waals surface area contributed by atoms with Gasteiger partial charge < -0.3 is 0 Å². The van der Waals surface area contributed by atoms with E-state index < -0.39 is 0 Å². The van der Waals surface area contributed by atoms with Gasteiger partial charge in [0, 0.05) is 0 Å². The maximum Gasteiger partial charge on any atom is -0.00192 e. The van der Waals surface area contributed by atoms with E-state index in [0.29, 0.717) is 0 Å². The van der Waals surface area contributed by atoms with Crippen LogP contribution in [0.3, 0.4) is 0 Å². The van der Waals surface area contributed by atoms with Gasteiger partial charge in [0.1, 0.15) is 0 Å². The zero-order valence-corrected chi connectivity index (χ0v) is 17.0. The summed E-state index contributed by atoms with van der Waals surface area (Å²) in [6, 6.07) is 38.0. The maximum atomic E-state index is 2.38. The normalized spacial score (nSPS) is 11.6. The summed E-state index contributed by atoms with van der Waals surface area (Å²) in [6.07, 6.45) is 0.934. The van der Waals surface area contributed by atoms with E-state index in [1.807, 2.05) is 0 Å². The molecule has 6 aromatic rings. The Morgan fingerprint density at radius 3 is 1.97 bits per heavy atom. The first kappa shape index (κ1) is 17.2. The van der Waals surface area contributed by atoms with Crippen molar-refractivity contribution in [2.75, 3.05) is 0 Å². The van der Waals surface area contributed by atoms with Crippen molar-refractivity contribution >= 4 is 43.1 Å². The van der Waals surface area contributed by atoms with Crippen LogP contribution in [0.15, 0.2) is 103 Å². The van der Waals surface area contributed by atoms with Crippen molar-refractivity contribution in [1.82, 2.24) is 0 Å². The number of rotatable bonds is 2. The SMILES string of the molecule is Cc1ccc2c(Cc3ccc4ccc5ccccc5c4c3)cc3ccccc3c2c1. The van der Waals surface area contributed by atoms with Crippen LogP contribution in [0.1, 0.15) is 16.7 Å². The van der Waals surface area contributed by atoms with E-state index in [1.165, 1.54) is 59.8 Å². The molecular formula is C30H22. The summed E-state index contributed by atoms with van der Waals surface area (Å²) in [7, 11) is 0. The van der Waals surface area contributed by atoms with Gasteiger partial charge in [-0.1, -0.05) is 109 Å². The van der Waals surface area contributed by atoms with Crippen molar-refractivity contribution in [3.8, 4) is 0 Å². The Morgan fingerprint density at radius 1 is 0.467 bits per heavy atom. The number of hydrogen-bond acceptors (Lipinski definition) is 0. The topological polar surface area (TPSA) is 0 Å². The highest BCUT2D eigenvalue weighted by molar-refractivity contribution is 6.10. The van der Waals surface area contributed by atoms with Crippen LogP contribution in [-0.4, -0.2) is 0 Å². The molecule has 0 heteroatoms. The van der Waals surface area contributed by atoms with Crippen molar-refractivity contribution in [3.63, 3.8) is 0 Å². The van der Waals surface area contributed by atoms with Gasteiger partial charge in [0.15, 0.2) is 0 Å². The van der Waals surface area contributed by atoms with Gasteiger partial charge >= 0.3 is 0 Å². The molecule has 0 amide bonds. The van der Waals surface area contributed by atoms with Crippen molar-refractivity contribution in [1.29, 1.82) is 0 Å². The first-order valence-electron chi connectivity index (χ1n) is 10.6. The minimum absolute atomic E-state index is 0.934. The fourth-order valence-electron chi connectivity index (χ4n) is 4.82. The summed E-state index contributed by atoms with van der Waals surface area (Å²) in [5, 5.41) is 10.6. The molecule has 0 aromatic heterocycles. The molecule has 0 fully saturated rings. The van der Waals surface area contributed by atoms with E-state index in [2.05, 4.69) is 110 Å². The quantitative estimate of drug-likeness (QED) is 0.265. The van der Waals surface area contributed by atoms with Crippen LogP contribution in [0.4, 0.5) is 0 Å². The molecule has 0 saturated heterocycles. The Balaban J connectivity index is 1.56. The number of aryl methyl sites for hydroxylation is 1. The lowest BCUT2D eigenvalue weighted by Gasteiger charge is -2.13. The highest BCUT2D eigenvalue weighted by Gasteiger charge is 2.09. The average Bonchev–Trinajstić information content (AvgIpc) is 2.79. The molecule has 0 radical (unpaired) electrons. The zero-order chi connectivity index (χ0) is 20.1. The van der Waals surface area contributed by atoms with Gasteiger partial charge in [0.2, 0.25) is 0 Å². The predicted octanol–water partition coefficient (Wildman–Crippen LogP) is 8.20. The smallest absolute Gasteiger partial charge is 0.00192 e. The lowest BCUT2D eigenvalue weighted by atomic mass is 9.91. The fraction of sp³-hybridized carbons (Fsp3) is 0.0667. The average molecular weight is 383 g/mol. The molecule has 30 heavy (non-hydrogen) atoms. The summed E-state index contributed by atoms with van der Waals surface area (Å²) in [5.74, 6) is 0. The van der Waals surface area contributed by atoms with E-state index in [0.717, 1.165) is 6.42 Å². The molecule has 0 nitrogen and oxygen atoms in total. The summed E-state index contributed by atoms with van der Waals surface area (Å²) >= 11 is 0. The molecule has 0 aliphatic rings. The van der Waals surface area contributed by atoms with Crippen molar-refractivity contribution in [3.05, 3.63) is 120 Å². The van der Waals surface area contributed by atoms with Crippen LogP contribution in [0.2, 0.25) is 0 Å². The Labute approximate surface area is 176 Å². The van der Waals surface area contributed by atoms with Gasteiger partial charge in [0.05, 0.1) is 0 Å². The highest BCUT2D eigenvalue weighted by atomic mass is 14.1. The molecule has 0 heterocycles. The van der Waals surface area contributed by atoms with Crippen molar-refractivity contribution in [2.24, 2.45) is 0 Å². The summed E-state index contributed by atoms with van der Waals surface area (Å²) < 4.78 is 0. The van der Waals surface area contributed by atoms with Crippen molar-refractivity contribution < 1.29 is 0 Å². The molecule has 0 bridgehead atoms. The van der Waals surface area contributed by atoms with E-state index in [-0.39, 0.29) is 0 Å². The van der Waals surface area contributed by atoms with Crippen LogP contribution >= 0.6 is 0 Å². The van der Waals surface area contributed by atoms with E-state index >= 15 is 0 Å². The van der Waals surface area contributed by atoms with Gasteiger partial charge in [-0.3, -0.25) is 0 Å². The number of benzene rings is 6. The zero-order valence-electron chi connectivity index (χ0n) is 17.0. The molecule has 0 atom stereocenters. The van der Waals surface area contributed by atoms with Crippen LogP contribution in [0, 0.1) is 6.92 Å². The second kappa shape index (κ2) is 6.71. The van der Waals surface area contributed by atoms with Gasteiger partial charge in [-0.05, 0) is 67.6 Å². The van der Waals surface area contributed by atoms with Crippen LogP contribution in [0.5, 0.6) is 0 Å². The third-order valence-corrected chi connectivity index (χ3v) is 6.31. The standard InChI is InChI=1S/C30H22/c1-20-10-15-28-25(19-24-7-3-5-9-27(24)30(28)16-20)17-21-11-12-23-14-13-22-6-2-4-8-26(22)29(23)18-21/h2-16,18-19H,17H2,1H3. The lowest BCUT2D eigenvalue weighted by Crippen LogP contribution is -1.92. The molecule has 142 valence electrons. The molecule has 0 aliphatic heterocycles. The molecule has 6 rings (SSSR count). The van der Waals surface area contributed by atoms with E-state index in [4.69, 9.17) is 0 Å². The van der Waals surface area contributed by atoms with Crippen LogP contribution < -0.4 is 0 Å². The second-order valence-electron chi connectivity index (χ2n) is 8.32. The first-order chi connectivity index (χ1) is 14.8. The largest absolute Gasteiger partial charge is 0.0616 e. The summed E-state index contributed by atoms with van der Waals surface area (Å²) in [6.45, 7) is 2.18. The van der Waals surface area contributed by atoms with Gasteiger partial charge in [-0.25, -0.2) is 0 Å². The van der Waals surface area contributed by atoms with Gasteiger partial charge in [-0.2, -0.15) is 0 Å². The predicted molar refractivity (Wildman–Crippen MR) is 130 cm³/mol. The van der Waals surface area contributed by atoms with E-state index in [9.17, 15) is 0 Å². The fourth-order valence-corrected chi connectivity index (χ4v) is 4.82. The molecule has 0 spiro atoms. The Hall–Kier alpha value is -3.64. The van der Waals surface area contributed by atoms with E-state index in [1.54, 1.807) is 0 Å². The molecule has 0 saturated carbocycles. The minimum atomic E-state index is 0.934. The van der Waals surface area contributed by atoms with Crippen LogP contribution in [0.25, 0.3) is 43.1 Å². The van der Waals surface area contributed by atoms with Crippen LogP contribution in [-0.2, 0) is 6.42 Å². The number of fused-ring (bicyclic) bond motifs is 6. The molecule has 0 N–H and O–H groups in total. The second-order valence-corrected chi connectivity index (χ2v) is 8.32. The molecular weight excluding hydrogens is 360 g/mol. The minimum Gasteiger partial charge on any atom is -0.0616 e. The summed E-state index contributed by atoms with van der Waals surface area (Å²) in [4.78, 5) is 0. The number of hydrogen-bond donors (Lipinski definition) is 0. The van der Waals surface area contributed by atoms with Crippen molar-refractivity contribution in [2.45, 2.75) is 13.3 Å². The monoisotopic (exact) mass is 382 g/mol. The summed E-state index contributed by atoms with van der Waals surface area (Å²) in [5.41, 5.74) is 4.06. The molecule has 6 aromatic carbocycles. The first-order valence-corrected chi connectivity index (χ1v) is 10.6. The Kier molecular flexibility index (Phi) is 3.86. The third-order valence-electron chi connectivity index (χ3n) is 6.31. The van der Waals surface area contributed by atoms with Gasteiger partial charge in [0.25, 0.3) is 0 Å². The highest BCUT2D eigenvalue weighted by Crippen LogP contribution is 2.32. The molecule has 0 unspecified atom stereocenters. The molecule has 0 aliphatic carbocycles.